The molecule has 1 aromatic heterocycles. The zero-order valence-electron chi connectivity index (χ0n) is 7.39. The minimum Gasteiger partial charge on any atom is -0.369 e. The van der Waals surface area contributed by atoms with E-state index in [2.05, 4.69) is 13.0 Å². The topological polar surface area (TPSA) is 43.1 Å². The zero-order valence-corrected chi connectivity index (χ0v) is 8.20. The van der Waals surface area contributed by atoms with Crippen LogP contribution < -0.4 is 5.73 Å². The average Bonchev–Trinajstić information content (AvgIpc) is 2.31. The molecule has 0 aliphatic rings. The molecule has 0 aromatic carbocycles. The van der Waals surface area contributed by atoms with Gasteiger partial charge in [-0.2, -0.15) is 0 Å². The standard InChI is InChI=1S/C9H13NOS/c1-3-7-4-6(2)8(12-7)5-9(10)11/h4H,3,5H2,1-2H3,(H2,10,11). The number of carbonyl (C=O) groups excluding carboxylic acids is 1. The van der Waals surface area contributed by atoms with Gasteiger partial charge in [-0.25, -0.2) is 0 Å². The number of nitrogens with two attached hydrogens (primary N) is 1. The van der Waals surface area contributed by atoms with Crippen molar-refractivity contribution in [3.8, 4) is 0 Å². The van der Waals surface area contributed by atoms with Gasteiger partial charge in [0.15, 0.2) is 0 Å². The van der Waals surface area contributed by atoms with E-state index in [0.717, 1.165) is 11.3 Å². The first-order valence-corrected chi connectivity index (χ1v) is 4.81. The molecule has 3 heteroatoms. The molecule has 1 aromatic rings. The molecule has 0 aliphatic carbocycles. The molecule has 0 spiro atoms. The second-order valence-electron chi connectivity index (χ2n) is 2.82. The Hall–Kier alpha value is -0.830. The number of hydrogen-bond acceptors (Lipinski definition) is 2. The summed E-state index contributed by atoms with van der Waals surface area (Å²) in [6, 6.07) is 2.13. The molecule has 0 fully saturated rings. The van der Waals surface area contributed by atoms with E-state index in [0.29, 0.717) is 6.42 Å². The number of carbonyl (C=O) groups is 1. The fourth-order valence-corrected chi connectivity index (χ4v) is 2.23. The molecule has 0 saturated heterocycles. The van der Waals surface area contributed by atoms with E-state index in [-0.39, 0.29) is 5.91 Å². The maximum atomic E-state index is 10.6. The van der Waals surface area contributed by atoms with Crippen LogP contribution in [0.15, 0.2) is 6.07 Å². The summed E-state index contributed by atoms with van der Waals surface area (Å²) in [7, 11) is 0. The van der Waals surface area contributed by atoms with Gasteiger partial charge in [0.25, 0.3) is 0 Å². The lowest BCUT2D eigenvalue weighted by Gasteiger charge is -1.92. The molecule has 1 amide bonds. The third kappa shape index (κ3) is 2.08. The van der Waals surface area contributed by atoms with Crippen molar-refractivity contribution in [3.63, 3.8) is 0 Å². The molecule has 0 aliphatic heterocycles. The van der Waals surface area contributed by atoms with Gasteiger partial charge in [-0.05, 0) is 25.0 Å². The van der Waals surface area contributed by atoms with E-state index in [4.69, 9.17) is 5.73 Å². The number of primary amides is 1. The lowest BCUT2D eigenvalue weighted by molar-refractivity contribution is -0.117. The van der Waals surface area contributed by atoms with Crippen LogP contribution in [0.5, 0.6) is 0 Å². The van der Waals surface area contributed by atoms with Crippen LogP contribution in [-0.4, -0.2) is 5.91 Å². The monoisotopic (exact) mass is 183 g/mol. The van der Waals surface area contributed by atoms with Gasteiger partial charge < -0.3 is 5.73 Å². The van der Waals surface area contributed by atoms with Crippen molar-refractivity contribution in [1.82, 2.24) is 0 Å². The van der Waals surface area contributed by atoms with Crippen molar-refractivity contribution in [3.05, 3.63) is 21.4 Å². The molecular weight excluding hydrogens is 170 g/mol. The largest absolute Gasteiger partial charge is 0.369 e. The van der Waals surface area contributed by atoms with Crippen LogP contribution in [0.2, 0.25) is 0 Å². The second-order valence-corrected chi connectivity index (χ2v) is 4.04. The molecule has 0 bridgehead atoms. The Kier molecular flexibility index (Phi) is 2.87. The van der Waals surface area contributed by atoms with Gasteiger partial charge in [-0.3, -0.25) is 4.79 Å². The Morgan fingerprint density at radius 1 is 1.67 bits per heavy atom. The Morgan fingerprint density at radius 3 is 2.75 bits per heavy atom. The third-order valence-corrected chi connectivity index (χ3v) is 3.14. The summed E-state index contributed by atoms with van der Waals surface area (Å²) < 4.78 is 0. The van der Waals surface area contributed by atoms with Gasteiger partial charge >= 0.3 is 0 Å². The van der Waals surface area contributed by atoms with Crippen LogP contribution in [0.3, 0.4) is 0 Å². The summed E-state index contributed by atoms with van der Waals surface area (Å²) in [5.74, 6) is -0.248. The highest BCUT2D eigenvalue weighted by atomic mass is 32.1. The summed E-state index contributed by atoms with van der Waals surface area (Å²) in [5, 5.41) is 0. The summed E-state index contributed by atoms with van der Waals surface area (Å²) in [5.41, 5.74) is 6.30. The number of hydrogen-bond donors (Lipinski definition) is 1. The van der Waals surface area contributed by atoms with Crippen molar-refractivity contribution in [1.29, 1.82) is 0 Å². The maximum Gasteiger partial charge on any atom is 0.222 e. The number of rotatable bonds is 3. The molecule has 1 heterocycles. The van der Waals surface area contributed by atoms with Gasteiger partial charge in [-0.15, -0.1) is 11.3 Å². The van der Waals surface area contributed by atoms with Gasteiger partial charge in [0.1, 0.15) is 0 Å². The molecule has 0 atom stereocenters. The molecular formula is C9H13NOS. The predicted octanol–water partition coefficient (Wildman–Crippen LogP) is 1.65. The van der Waals surface area contributed by atoms with Gasteiger partial charge in [0.05, 0.1) is 6.42 Å². The van der Waals surface area contributed by atoms with Crippen molar-refractivity contribution in [2.24, 2.45) is 5.73 Å². The highest BCUT2D eigenvalue weighted by molar-refractivity contribution is 7.12. The SMILES string of the molecule is CCc1cc(C)c(CC(N)=O)s1. The van der Waals surface area contributed by atoms with E-state index in [1.165, 1.54) is 10.4 Å². The highest BCUT2D eigenvalue weighted by Gasteiger charge is 2.06. The number of thiophene rings is 1. The van der Waals surface area contributed by atoms with Crippen LogP contribution in [-0.2, 0) is 17.6 Å². The van der Waals surface area contributed by atoms with E-state index in [1.807, 2.05) is 6.92 Å². The Balaban J connectivity index is 2.84. The molecule has 12 heavy (non-hydrogen) atoms. The number of aryl methyl sites for hydroxylation is 2. The maximum absolute atomic E-state index is 10.6. The first kappa shape index (κ1) is 9.26. The molecule has 66 valence electrons. The molecule has 2 nitrogen and oxygen atoms in total. The summed E-state index contributed by atoms with van der Waals surface area (Å²) in [4.78, 5) is 13.1. The quantitative estimate of drug-likeness (QED) is 0.760. The van der Waals surface area contributed by atoms with Crippen LogP contribution >= 0.6 is 11.3 Å². The highest BCUT2D eigenvalue weighted by Crippen LogP contribution is 2.22. The van der Waals surface area contributed by atoms with E-state index >= 15 is 0 Å². The van der Waals surface area contributed by atoms with Crippen molar-refractivity contribution < 1.29 is 4.79 Å². The summed E-state index contributed by atoms with van der Waals surface area (Å²) in [6.45, 7) is 4.13. The van der Waals surface area contributed by atoms with E-state index in [1.54, 1.807) is 11.3 Å². The minimum atomic E-state index is -0.248. The summed E-state index contributed by atoms with van der Waals surface area (Å²) >= 11 is 1.69. The van der Waals surface area contributed by atoms with E-state index in [9.17, 15) is 4.79 Å². The lowest BCUT2D eigenvalue weighted by atomic mass is 10.2. The Morgan fingerprint density at radius 2 is 2.33 bits per heavy atom. The Labute approximate surface area is 76.4 Å². The predicted molar refractivity (Wildman–Crippen MR) is 51.3 cm³/mol. The van der Waals surface area contributed by atoms with E-state index < -0.39 is 0 Å². The average molecular weight is 183 g/mol. The fraction of sp³-hybridized carbons (Fsp3) is 0.444. The van der Waals surface area contributed by atoms with Crippen LogP contribution in [0.1, 0.15) is 22.2 Å². The van der Waals surface area contributed by atoms with Crippen LogP contribution in [0, 0.1) is 6.92 Å². The molecule has 0 radical (unpaired) electrons. The first-order chi connectivity index (χ1) is 5.63. The van der Waals surface area contributed by atoms with Crippen LogP contribution in [0.25, 0.3) is 0 Å². The van der Waals surface area contributed by atoms with Crippen LogP contribution in [0.4, 0.5) is 0 Å². The fourth-order valence-electron chi connectivity index (χ4n) is 1.10. The second kappa shape index (κ2) is 3.72. The Bertz CT molecular complexity index is 291. The number of amides is 1. The zero-order chi connectivity index (χ0) is 9.14. The summed E-state index contributed by atoms with van der Waals surface area (Å²) in [6.07, 6.45) is 1.42. The molecule has 2 N–H and O–H groups in total. The van der Waals surface area contributed by atoms with Crippen molar-refractivity contribution in [2.75, 3.05) is 0 Å². The molecule has 0 unspecified atom stereocenters. The van der Waals surface area contributed by atoms with Gasteiger partial charge in [0, 0.05) is 9.75 Å². The van der Waals surface area contributed by atoms with Gasteiger partial charge in [0.2, 0.25) is 5.91 Å². The molecule has 0 saturated carbocycles. The minimum absolute atomic E-state index is 0.248. The lowest BCUT2D eigenvalue weighted by Crippen LogP contribution is -2.13. The first-order valence-electron chi connectivity index (χ1n) is 4.00. The third-order valence-electron chi connectivity index (χ3n) is 1.75. The smallest absolute Gasteiger partial charge is 0.222 e. The van der Waals surface area contributed by atoms with Crippen molar-refractivity contribution in [2.45, 2.75) is 26.7 Å². The normalized spacial score (nSPS) is 10.2. The van der Waals surface area contributed by atoms with Gasteiger partial charge in [-0.1, -0.05) is 6.92 Å². The molecule has 1 rings (SSSR count). The van der Waals surface area contributed by atoms with Crippen molar-refractivity contribution >= 4 is 17.2 Å².